The summed E-state index contributed by atoms with van der Waals surface area (Å²) in [5.41, 5.74) is 4.10. The van der Waals surface area contributed by atoms with Gasteiger partial charge in [-0.3, -0.25) is 0 Å². The molecular formula is C21H18OS. The van der Waals surface area contributed by atoms with Gasteiger partial charge >= 0.3 is 0 Å². The number of thioether (sulfide) groups is 1. The van der Waals surface area contributed by atoms with E-state index < -0.39 is 0 Å². The Hall–Kier alpha value is -2.19. The van der Waals surface area contributed by atoms with Gasteiger partial charge in [-0.2, -0.15) is 0 Å². The van der Waals surface area contributed by atoms with Crippen LogP contribution < -0.4 is 4.74 Å². The minimum atomic E-state index is -0.0583. The second-order valence-electron chi connectivity index (χ2n) is 5.81. The summed E-state index contributed by atoms with van der Waals surface area (Å²) in [6.45, 7) is 0. The van der Waals surface area contributed by atoms with Crippen LogP contribution in [0.3, 0.4) is 0 Å². The van der Waals surface area contributed by atoms with Crippen LogP contribution in [0, 0.1) is 0 Å². The van der Waals surface area contributed by atoms with E-state index in [0.29, 0.717) is 0 Å². The Kier molecular flexibility index (Phi) is 3.62. The normalized spacial score (nSPS) is 15.2. The molecule has 114 valence electrons. The first-order valence-electron chi connectivity index (χ1n) is 7.79. The van der Waals surface area contributed by atoms with E-state index in [2.05, 4.69) is 78.9 Å². The molecule has 4 rings (SSSR count). The van der Waals surface area contributed by atoms with Gasteiger partial charge in [0.2, 0.25) is 0 Å². The van der Waals surface area contributed by atoms with Gasteiger partial charge in [0.05, 0.1) is 11.9 Å². The molecule has 1 nitrogen and oxygen atoms in total. The predicted molar refractivity (Wildman–Crippen MR) is 96.2 cm³/mol. The maximum absolute atomic E-state index is 5.41. The van der Waals surface area contributed by atoms with Gasteiger partial charge in [0.1, 0.15) is 5.75 Å². The van der Waals surface area contributed by atoms with E-state index >= 15 is 0 Å². The number of ether oxygens (including phenoxy) is 1. The molecule has 0 saturated carbocycles. The first-order valence-corrected chi connectivity index (χ1v) is 8.60. The minimum absolute atomic E-state index is 0.0583. The van der Waals surface area contributed by atoms with E-state index in [9.17, 15) is 0 Å². The van der Waals surface area contributed by atoms with Gasteiger partial charge in [-0.25, -0.2) is 0 Å². The van der Waals surface area contributed by atoms with E-state index in [1.807, 2.05) is 11.8 Å². The molecular weight excluding hydrogens is 300 g/mol. The number of hydrogen-bond donors (Lipinski definition) is 0. The summed E-state index contributed by atoms with van der Waals surface area (Å²) in [6.07, 6.45) is 1.00. The third-order valence-electron chi connectivity index (χ3n) is 4.48. The Morgan fingerprint density at radius 1 is 0.826 bits per heavy atom. The number of methoxy groups -OCH3 is 1. The number of hydrogen-bond acceptors (Lipinski definition) is 2. The van der Waals surface area contributed by atoms with Gasteiger partial charge in [0.25, 0.3) is 0 Å². The molecule has 0 spiro atoms. The zero-order chi connectivity index (χ0) is 15.7. The summed E-state index contributed by atoms with van der Waals surface area (Å²) < 4.78 is 5.35. The van der Waals surface area contributed by atoms with Gasteiger partial charge in [0, 0.05) is 4.90 Å². The van der Waals surface area contributed by atoms with Crippen LogP contribution >= 0.6 is 11.8 Å². The standard InChI is InChI=1S/C21H18OS/c1-22-19-13-12-16-15-21(23-20(16)14-19,17-8-4-2-5-9-17)18-10-6-3-7-11-18/h2-14H,15H2,1H3. The Morgan fingerprint density at radius 2 is 1.43 bits per heavy atom. The van der Waals surface area contributed by atoms with Crippen molar-refractivity contribution in [1.82, 2.24) is 0 Å². The lowest BCUT2D eigenvalue weighted by molar-refractivity contribution is 0.413. The van der Waals surface area contributed by atoms with Crippen molar-refractivity contribution in [3.05, 3.63) is 95.6 Å². The summed E-state index contributed by atoms with van der Waals surface area (Å²) in [5, 5.41) is 0. The maximum atomic E-state index is 5.41. The van der Waals surface area contributed by atoms with Crippen molar-refractivity contribution in [3.63, 3.8) is 0 Å². The smallest absolute Gasteiger partial charge is 0.119 e. The molecule has 0 N–H and O–H groups in total. The fourth-order valence-electron chi connectivity index (χ4n) is 3.30. The average molecular weight is 318 g/mol. The lowest BCUT2D eigenvalue weighted by Crippen LogP contribution is -2.22. The second-order valence-corrected chi connectivity index (χ2v) is 7.15. The van der Waals surface area contributed by atoms with Gasteiger partial charge < -0.3 is 4.74 Å². The van der Waals surface area contributed by atoms with E-state index in [1.54, 1.807) is 7.11 Å². The minimum Gasteiger partial charge on any atom is -0.497 e. The summed E-state index contributed by atoms with van der Waals surface area (Å²) >= 11 is 1.94. The molecule has 0 saturated heterocycles. The van der Waals surface area contributed by atoms with Crippen LogP contribution in [0.25, 0.3) is 0 Å². The quantitative estimate of drug-likeness (QED) is 0.649. The molecule has 0 aliphatic carbocycles. The zero-order valence-electron chi connectivity index (χ0n) is 13.0. The molecule has 0 bridgehead atoms. The van der Waals surface area contributed by atoms with Gasteiger partial charge in [-0.15, -0.1) is 11.8 Å². The molecule has 3 aromatic rings. The van der Waals surface area contributed by atoms with Crippen LogP contribution in [-0.2, 0) is 11.2 Å². The average Bonchev–Trinajstić information content (AvgIpc) is 3.03. The molecule has 0 fully saturated rings. The van der Waals surface area contributed by atoms with Crippen molar-refractivity contribution in [2.45, 2.75) is 16.1 Å². The Morgan fingerprint density at radius 3 is 2.00 bits per heavy atom. The molecule has 3 aromatic carbocycles. The lowest BCUT2D eigenvalue weighted by Gasteiger charge is -2.29. The first-order chi connectivity index (χ1) is 11.3. The van der Waals surface area contributed by atoms with E-state index in [0.717, 1.165) is 12.2 Å². The lowest BCUT2D eigenvalue weighted by atomic mass is 9.85. The van der Waals surface area contributed by atoms with E-state index in [4.69, 9.17) is 4.74 Å². The molecule has 1 aliphatic rings. The van der Waals surface area contributed by atoms with Gasteiger partial charge in [0.15, 0.2) is 0 Å². The van der Waals surface area contributed by atoms with Crippen LogP contribution in [0.4, 0.5) is 0 Å². The van der Waals surface area contributed by atoms with Crippen molar-refractivity contribution < 1.29 is 4.74 Å². The van der Waals surface area contributed by atoms with Crippen molar-refractivity contribution in [1.29, 1.82) is 0 Å². The second kappa shape index (κ2) is 5.78. The molecule has 1 aliphatic heterocycles. The molecule has 0 amide bonds. The summed E-state index contributed by atoms with van der Waals surface area (Å²) in [6, 6.07) is 28.1. The molecule has 0 unspecified atom stereocenters. The van der Waals surface area contributed by atoms with Gasteiger partial charge in [-0.05, 0) is 35.2 Å². The molecule has 0 atom stereocenters. The summed E-state index contributed by atoms with van der Waals surface area (Å²) in [5.74, 6) is 0.924. The van der Waals surface area contributed by atoms with Crippen molar-refractivity contribution >= 4 is 11.8 Å². The summed E-state index contributed by atoms with van der Waals surface area (Å²) in [4.78, 5) is 1.32. The van der Waals surface area contributed by atoms with Crippen LogP contribution in [0.1, 0.15) is 16.7 Å². The number of fused-ring (bicyclic) bond motifs is 1. The van der Waals surface area contributed by atoms with Crippen molar-refractivity contribution in [2.24, 2.45) is 0 Å². The third-order valence-corrected chi connectivity index (χ3v) is 6.04. The fraction of sp³-hybridized carbons (Fsp3) is 0.143. The summed E-state index contributed by atoms with van der Waals surface area (Å²) in [7, 11) is 1.73. The van der Waals surface area contributed by atoms with E-state index in [1.165, 1.54) is 21.6 Å². The largest absolute Gasteiger partial charge is 0.497 e. The highest BCUT2D eigenvalue weighted by Crippen LogP contribution is 2.55. The SMILES string of the molecule is COc1ccc2c(c1)SC(c1ccccc1)(c1ccccc1)C2. The van der Waals surface area contributed by atoms with Crippen LogP contribution in [0.2, 0.25) is 0 Å². The van der Waals surface area contributed by atoms with Gasteiger partial charge in [-0.1, -0.05) is 66.7 Å². The first kappa shape index (κ1) is 14.4. The molecule has 0 radical (unpaired) electrons. The Labute approximate surface area is 141 Å². The highest BCUT2D eigenvalue weighted by Gasteiger charge is 2.41. The topological polar surface area (TPSA) is 9.23 Å². The van der Waals surface area contributed by atoms with Crippen LogP contribution in [-0.4, -0.2) is 7.11 Å². The predicted octanol–water partition coefficient (Wildman–Crippen LogP) is 5.29. The maximum Gasteiger partial charge on any atom is 0.119 e. The van der Waals surface area contributed by atoms with Crippen LogP contribution in [0.5, 0.6) is 5.75 Å². The molecule has 2 heteroatoms. The van der Waals surface area contributed by atoms with Crippen molar-refractivity contribution in [3.8, 4) is 5.75 Å². The number of rotatable bonds is 3. The molecule has 1 heterocycles. The monoisotopic (exact) mass is 318 g/mol. The molecule has 0 aromatic heterocycles. The van der Waals surface area contributed by atoms with Crippen molar-refractivity contribution in [2.75, 3.05) is 7.11 Å². The van der Waals surface area contributed by atoms with E-state index in [-0.39, 0.29) is 4.75 Å². The Bertz CT molecular complexity index is 772. The third kappa shape index (κ3) is 2.43. The zero-order valence-corrected chi connectivity index (χ0v) is 13.8. The Balaban J connectivity index is 1.87. The highest BCUT2D eigenvalue weighted by atomic mass is 32.2. The fourth-order valence-corrected chi connectivity index (χ4v) is 4.86. The highest BCUT2D eigenvalue weighted by molar-refractivity contribution is 8.00. The number of benzene rings is 3. The molecule has 23 heavy (non-hydrogen) atoms. The van der Waals surface area contributed by atoms with Crippen LogP contribution in [0.15, 0.2) is 83.8 Å².